The second-order valence-corrected chi connectivity index (χ2v) is 7.36. The highest BCUT2D eigenvalue weighted by atomic mass is 35.5. The minimum absolute atomic E-state index is 0.333. The fraction of sp³-hybridized carbons (Fsp3) is 0.176. The van der Waals surface area contributed by atoms with E-state index in [9.17, 15) is 4.79 Å². The summed E-state index contributed by atoms with van der Waals surface area (Å²) in [5.74, 6) is -0.333. The largest absolute Gasteiger partial charge is 0.397 e. The van der Waals surface area contributed by atoms with Crippen molar-refractivity contribution in [2.24, 2.45) is 0 Å². The highest BCUT2D eigenvalue weighted by Gasteiger charge is 2.20. The fourth-order valence-electron chi connectivity index (χ4n) is 2.59. The van der Waals surface area contributed by atoms with Gasteiger partial charge < -0.3 is 15.8 Å². The molecule has 25 heavy (non-hydrogen) atoms. The van der Waals surface area contributed by atoms with Crippen LogP contribution >= 0.6 is 34.5 Å². The molecule has 130 valence electrons. The Morgan fingerprint density at radius 3 is 2.60 bits per heavy atom. The molecule has 1 aromatic carbocycles. The van der Waals surface area contributed by atoms with E-state index in [1.54, 1.807) is 25.3 Å². The number of carbonyl (C=O) groups is 1. The van der Waals surface area contributed by atoms with Crippen molar-refractivity contribution in [1.82, 2.24) is 4.98 Å². The number of nitrogens with one attached hydrogen (secondary N) is 1. The van der Waals surface area contributed by atoms with Gasteiger partial charge in [-0.25, -0.2) is 4.98 Å². The van der Waals surface area contributed by atoms with E-state index in [-0.39, 0.29) is 5.91 Å². The van der Waals surface area contributed by atoms with Gasteiger partial charge in [0.2, 0.25) is 0 Å². The zero-order chi connectivity index (χ0) is 18.1. The molecule has 3 N–H and O–H groups in total. The van der Waals surface area contributed by atoms with Crippen molar-refractivity contribution < 1.29 is 9.53 Å². The lowest BCUT2D eigenvalue weighted by molar-refractivity contribution is 0.103. The number of amides is 1. The Balaban J connectivity index is 2.02. The molecule has 3 rings (SSSR count). The van der Waals surface area contributed by atoms with E-state index in [1.807, 2.05) is 13.0 Å². The monoisotopic (exact) mass is 395 g/mol. The van der Waals surface area contributed by atoms with Gasteiger partial charge in [0.15, 0.2) is 0 Å². The molecule has 3 aromatic rings. The van der Waals surface area contributed by atoms with Gasteiger partial charge in [-0.3, -0.25) is 4.79 Å². The average molecular weight is 396 g/mol. The van der Waals surface area contributed by atoms with Gasteiger partial charge in [0.25, 0.3) is 5.91 Å². The molecule has 0 aliphatic rings. The molecule has 1 amide bonds. The first-order chi connectivity index (χ1) is 11.9. The molecule has 0 saturated carbocycles. The van der Waals surface area contributed by atoms with Crippen LogP contribution < -0.4 is 11.1 Å². The van der Waals surface area contributed by atoms with Crippen molar-refractivity contribution in [3.05, 3.63) is 50.4 Å². The summed E-state index contributed by atoms with van der Waals surface area (Å²) in [5, 5.41) is 4.40. The van der Waals surface area contributed by atoms with Crippen molar-refractivity contribution in [1.29, 1.82) is 0 Å². The van der Waals surface area contributed by atoms with Crippen LogP contribution in [0.2, 0.25) is 10.0 Å². The number of aromatic nitrogens is 1. The first kappa shape index (κ1) is 17.9. The maximum Gasteiger partial charge on any atom is 0.267 e. The first-order valence-corrected chi connectivity index (χ1v) is 8.91. The number of ether oxygens (including phenoxy) is 1. The third-order valence-electron chi connectivity index (χ3n) is 3.54. The van der Waals surface area contributed by atoms with E-state index < -0.39 is 0 Å². The second kappa shape index (κ2) is 7.17. The van der Waals surface area contributed by atoms with Crippen LogP contribution in [-0.2, 0) is 11.3 Å². The Bertz CT molecular complexity index is 952. The molecule has 0 radical (unpaired) electrons. The SMILES string of the molecule is COCc1cc(C)nc2sc(C(=O)Nc3cc(Cl)cc(Cl)c3)c(N)c12. The summed E-state index contributed by atoms with van der Waals surface area (Å²) in [4.78, 5) is 18.2. The highest BCUT2D eigenvalue weighted by molar-refractivity contribution is 7.21. The molecule has 0 atom stereocenters. The van der Waals surface area contributed by atoms with Gasteiger partial charge in [0.1, 0.15) is 9.71 Å². The molecule has 0 spiro atoms. The first-order valence-electron chi connectivity index (χ1n) is 7.34. The van der Waals surface area contributed by atoms with Crippen LogP contribution in [0.4, 0.5) is 11.4 Å². The number of anilines is 2. The summed E-state index contributed by atoms with van der Waals surface area (Å²) < 4.78 is 5.23. The number of rotatable bonds is 4. The molecule has 0 unspecified atom stereocenters. The third-order valence-corrected chi connectivity index (χ3v) is 5.07. The molecule has 0 saturated heterocycles. The lowest BCUT2D eigenvalue weighted by Gasteiger charge is -2.06. The van der Waals surface area contributed by atoms with Crippen molar-refractivity contribution >= 4 is 62.0 Å². The lowest BCUT2D eigenvalue weighted by atomic mass is 10.1. The van der Waals surface area contributed by atoms with Gasteiger partial charge in [0, 0.05) is 33.9 Å². The van der Waals surface area contributed by atoms with Crippen molar-refractivity contribution in [2.75, 3.05) is 18.2 Å². The second-order valence-electron chi connectivity index (χ2n) is 5.49. The smallest absolute Gasteiger partial charge is 0.267 e. The summed E-state index contributed by atoms with van der Waals surface area (Å²) in [7, 11) is 1.61. The van der Waals surface area contributed by atoms with E-state index in [1.165, 1.54) is 11.3 Å². The number of benzene rings is 1. The molecule has 2 aromatic heterocycles. The fourth-order valence-corrected chi connectivity index (χ4v) is 4.20. The van der Waals surface area contributed by atoms with Crippen LogP contribution in [-0.4, -0.2) is 18.0 Å². The number of pyridine rings is 1. The van der Waals surface area contributed by atoms with Gasteiger partial charge >= 0.3 is 0 Å². The number of carbonyl (C=O) groups excluding carboxylic acids is 1. The number of hydrogen-bond donors (Lipinski definition) is 2. The number of aryl methyl sites for hydroxylation is 1. The van der Waals surface area contributed by atoms with E-state index in [2.05, 4.69) is 10.3 Å². The predicted molar refractivity (Wildman–Crippen MR) is 104 cm³/mol. The van der Waals surface area contributed by atoms with Crippen LogP contribution in [0.3, 0.4) is 0 Å². The number of nitrogens with two attached hydrogens (primary N) is 1. The van der Waals surface area contributed by atoms with E-state index in [0.717, 1.165) is 16.6 Å². The van der Waals surface area contributed by atoms with Gasteiger partial charge in [-0.2, -0.15) is 0 Å². The summed E-state index contributed by atoms with van der Waals surface area (Å²) in [6.45, 7) is 2.29. The summed E-state index contributed by atoms with van der Waals surface area (Å²) in [6.07, 6.45) is 0. The Labute approximate surface area is 158 Å². The number of thiophene rings is 1. The Morgan fingerprint density at radius 1 is 1.28 bits per heavy atom. The zero-order valence-electron chi connectivity index (χ0n) is 13.5. The zero-order valence-corrected chi connectivity index (χ0v) is 15.9. The molecule has 2 heterocycles. The Hall–Kier alpha value is -1.86. The number of halogens is 2. The van der Waals surface area contributed by atoms with Crippen molar-refractivity contribution in [2.45, 2.75) is 13.5 Å². The predicted octanol–water partition coefficient (Wildman–Crippen LogP) is 4.89. The molecule has 0 aliphatic carbocycles. The number of methoxy groups -OCH3 is 1. The van der Waals surface area contributed by atoms with Crippen LogP contribution in [0.25, 0.3) is 10.2 Å². The molecule has 0 fully saturated rings. The number of nitrogens with zero attached hydrogens (tertiary/aromatic N) is 1. The van der Waals surface area contributed by atoms with Gasteiger partial charge in [0.05, 0.1) is 12.3 Å². The molecule has 8 heteroatoms. The minimum atomic E-state index is -0.333. The van der Waals surface area contributed by atoms with Crippen LogP contribution in [0.1, 0.15) is 20.9 Å². The molecular formula is C17H15Cl2N3O2S. The van der Waals surface area contributed by atoms with Gasteiger partial charge in [-0.15, -0.1) is 11.3 Å². The summed E-state index contributed by atoms with van der Waals surface area (Å²) in [5.41, 5.74) is 8.88. The molecule has 5 nitrogen and oxygen atoms in total. The van der Waals surface area contributed by atoms with Crippen molar-refractivity contribution in [3.8, 4) is 0 Å². The summed E-state index contributed by atoms with van der Waals surface area (Å²) in [6, 6.07) is 6.74. The maximum atomic E-state index is 12.7. The highest BCUT2D eigenvalue weighted by Crippen LogP contribution is 2.36. The topological polar surface area (TPSA) is 77.2 Å². The third kappa shape index (κ3) is 3.72. The van der Waals surface area contributed by atoms with E-state index in [4.69, 9.17) is 33.7 Å². The number of nitrogen functional groups attached to an aromatic ring is 1. The van der Waals surface area contributed by atoms with Crippen LogP contribution in [0.15, 0.2) is 24.3 Å². The summed E-state index contributed by atoms with van der Waals surface area (Å²) >= 11 is 13.2. The Kier molecular flexibility index (Phi) is 5.15. The van der Waals surface area contributed by atoms with Gasteiger partial charge in [-0.05, 0) is 36.8 Å². The molecule has 0 bridgehead atoms. The Morgan fingerprint density at radius 2 is 1.96 bits per heavy atom. The minimum Gasteiger partial charge on any atom is -0.397 e. The normalized spacial score (nSPS) is 11.0. The average Bonchev–Trinajstić information content (AvgIpc) is 2.83. The van der Waals surface area contributed by atoms with E-state index in [0.29, 0.717) is 37.7 Å². The maximum absolute atomic E-state index is 12.7. The number of hydrogen-bond acceptors (Lipinski definition) is 5. The molecule has 0 aliphatic heterocycles. The van der Waals surface area contributed by atoms with E-state index >= 15 is 0 Å². The lowest BCUT2D eigenvalue weighted by Crippen LogP contribution is -2.12. The van der Waals surface area contributed by atoms with Crippen molar-refractivity contribution in [3.63, 3.8) is 0 Å². The standard InChI is InChI=1S/C17H15Cl2N3O2S/c1-8-3-9(7-24-2)13-14(20)15(25-17(13)21-8)16(23)22-12-5-10(18)4-11(19)6-12/h3-6H,7,20H2,1-2H3,(H,22,23). The number of fused-ring (bicyclic) bond motifs is 1. The van der Waals surface area contributed by atoms with Crippen LogP contribution in [0.5, 0.6) is 0 Å². The van der Waals surface area contributed by atoms with Gasteiger partial charge in [-0.1, -0.05) is 23.2 Å². The van der Waals surface area contributed by atoms with Crippen LogP contribution in [0, 0.1) is 6.92 Å². The molecular weight excluding hydrogens is 381 g/mol. The quantitative estimate of drug-likeness (QED) is 0.658.